The van der Waals surface area contributed by atoms with Gasteiger partial charge in [-0.15, -0.1) is 12.4 Å². The molecule has 0 amide bonds. The van der Waals surface area contributed by atoms with Crippen LogP contribution in [0.3, 0.4) is 0 Å². The summed E-state index contributed by atoms with van der Waals surface area (Å²) in [7, 11) is -1.04. The zero-order valence-electron chi connectivity index (χ0n) is 27.9. The molecule has 4 aromatic rings. The van der Waals surface area contributed by atoms with Crippen molar-refractivity contribution in [1.82, 2.24) is 0 Å². The Bertz CT molecular complexity index is 1610. The van der Waals surface area contributed by atoms with Gasteiger partial charge in [0.25, 0.3) is 11.4 Å². The third-order valence-corrected chi connectivity index (χ3v) is 9.01. The zero-order chi connectivity index (χ0) is 35.3. The predicted molar refractivity (Wildman–Crippen MR) is 205 cm³/mol. The lowest BCUT2D eigenvalue weighted by Gasteiger charge is -1.98. The molecular weight excluding hydrogens is 723 g/mol. The average Bonchev–Trinajstić information content (AvgIpc) is 3.94. The Labute approximate surface area is 308 Å². The lowest BCUT2D eigenvalue weighted by molar-refractivity contribution is -0.385. The molecule has 0 aromatic heterocycles. The standard InChI is InChI=1S/C10H13N.C9H9NO2.C9H11N.C6H4BrNO2.C3H7BO2.ClH/c11-7-8-1-3-9(4-2-8)10-5-6-10;11-10(12)9-5-3-8(4-6-9)7-1-2-7;10-9-5-3-8(4-6-9)7-1-2-7;7-5-1-3-6(4-2-5)8(9)10;5-4(6)3-1-2-3;/h1-4,10H,5-7,11H2;3-7H,1-2H2;3-7H,1-2,10H2;1-4H;3,5-6H,1-2H2;1H. The van der Waals surface area contributed by atoms with Crippen LogP contribution in [0.25, 0.3) is 0 Å². The van der Waals surface area contributed by atoms with E-state index in [2.05, 4.69) is 52.3 Å². The normalized spacial score (nSPS) is 15.4. The molecule has 13 heteroatoms. The average molecular weight is 768 g/mol. The lowest BCUT2D eigenvalue weighted by atomic mass is 9.84. The molecule has 0 spiro atoms. The molecule has 0 bridgehead atoms. The summed E-state index contributed by atoms with van der Waals surface area (Å²) in [4.78, 5) is 19.6. The first kappa shape index (κ1) is 40.6. The number of rotatable bonds is 7. The number of nitrogens with two attached hydrogens (primary N) is 2. The molecule has 4 aliphatic rings. The van der Waals surface area contributed by atoms with Gasteiger partial charge in [-0.3, -0.25) is 20.2 Å². The summed E-state index contributed by atoms with van der Waals surface area (Å²) >= 11 is 3.17. The summed E-state index contributed by atoms with van der Waals surface area (Å²) in [6, 6.07) is 29.9. The first-order chi connectivity index (χ1) is 23.5. The van der Waals surface area contributed by atoms with Crippen LogP contribution in [0.5, 0.6) is 0 Å². The van der Waals surface area contributed by atoms with Gasteiger partial charge in [0.05, 0.1) is 9.85 Å². The molecule has 4 aliphatic carbocycles. The minimum atomic E-state index is -1.04. The number of benzene rings is 4. The van der Waals surface area contributed by atoms with Gasteiger partial charge in [0.2, 0.25) is 0 Å². The summed E-state index contributed by atoms with van der Waals surface area (Å²) < 4.78 is 0.845. The largest absolute Gasteiger partial charge is 0.454 e. The molecule has 0 heterocycles. The fourth-order valence-corrected chi connectivity index (χ4v) is 5.03. The van der Waals surface area contributed by atoms with Crippen molar-refractivity contribution in [2.45, 2.75) is 81.5 Å². The van der Waals surface area contributed by atoms with Gasteiger partial charge < -0.3 is 21.5 Å². The van der Waals surface area contributed by atoms with E-state index in [1.54, 1.807) is 24.3 Å². The highest BCUT2D eigenvalue weighted by Crippen LogP contribution is 2.41. The maximum absolute atomic E-state index is 10.3. The van der Waals surface area contributed by atoms with Crippen LogP contribution < -0.4 is 11.5 Å². The van der Waals surface area contributed by atoms with Crippen molar-refractivity contribution >= 4 is 52.5 Å². The predicted octanol–water partition coefficient (Wildman–Crippen LogP) is 9.04. The van der Waals surface area contributed by atoms with Crippen LogP contribution >= 0.6 is 28.3 Å². The quantitative estimate of drug-likeness (QED) is 0.0623. The van der Waals surface area contributed by atoms with E-state index in [9.17, 15) is 20.2 Å². The van der Waals surface area contributed by atoms with Crippen LogP contribution in [0.2, 0.25) is 5.82 Å². The first-order valence-electron chi connectivity index (χ1n) is 16.7. The highest BCUT2D eigenvalue weighted by Gasteiger charge is 2.33. The molecule has 0 atom stereocenters. The van der Waals surface area contributed by atoms with Crippen molar-refractivity contribution in [2.75, 3.05) is 5.73 Å². The summed E-state index contributed by atoms with van der Waals surface area (Å²) in [5.74, 6) is 2.60. The first-order valence-corrected chi connectivity index (χ1v) is 17.5. The van der Waals surface area contributed by atoms with E-state index in [-0.39, 0.29) is 34.5 Å². The molecule has 4 saturated carbocycles. The van der Waals surface area contributed by atoms with Gasteiger partial charge in [-0.25, -0.2) is 0 Å². The van der Waals surface area contributed by atoms with E-state index in [1.807, 2.05) is 24.3 Å². The molecule has 8 rings (SSSR count). The molecule has 4 fully saturated rings. The van der Waals surface area contributed by atoms with E-state index in [4.69, 9.17) is 21.5 Å². The van der Waals surface area contributed by atoms with Crippen LogP contribution in [0.4, 0.5) is 17.1 Å². The van der Waals surface area contributed by atoms with Crippen LogP contribution in [0, 0.1) is 20.2 Å². The summed E-state index contributed by atoms with van der Waals surface area (Å²) in [5.41, 5.74) is 17.6. The Kier molecular flexibility index (Phi) is 16.4. The van der Waals surface area contributed by atoms with Crippen molar-refractivity contribution in [3.63, 3.8) is 0 Å². The molecule has 6 N–H and O–H groups in total. The van der Waals surface area contributed by atoms with Gasteiger partial charge in [-0.1, -0.05) is 77.3 Å². The van der Waals surface area contributed by atoms with E-state index in [1.165, 1.54) is 72.9 Å². The van der Waals surface area contributed by atoms with Gasteiger partial charge in [0.15, 0.2) is 0 Å². The Morgan fingerprint density at radius 2 is 0.960 bits per heavy atom. The second-order valence-electron chi connectivity index (χ2n) is 12.8. The van der Waals surface area contributed by atoms with Gasteiger partial charge in [-0.05, 0) is 109 Å². The van der Waals surface area contributed by atoms with Crippen LogP contribution in [-0.4, -0.2) is 27.0 Å². The van der Waals surface area contributed by atoms with Crippen molar-refractivity contribution in [3.8, 4) is 0 Å². The van der Waals surface area contributed by atoms with Gasteiger partial charge in [0, 0.05) is 41.0 Å². The minimum Gasteiger partial charge on any atom is -0.427 e. The SMILES string of the molecule is Cl.NCc1ccc(C2CC2)cc1.Nc1ccc(C2CC2)cc1.O=[N+]([O-])c1ccc(Br)cc1.O=[N+]([O-])c1ccc(C2CC2)cc1.OB(O)C1CC1. The highest BCUT2D eigenvalue weighted by molar-refractivity contribution is 9.10. The number of nitrogens with zero attached hydrogens (tertiary/aromatic N) is 2. The zero-order valence-corrected chi connectivity index (χ0v) is 30.3. The third kappa shape index (κ3) is 15.0. The molecule has 0 aliphatic heterocycles. The van der Waals surface area contributed by atoms with Crippen molar-refractivity contribution in [2.24, 2.45) is 5.73 Å². The van der Waals surface area contributed by atoms with Gasteiger partial charge in [-0.2, -0.15) is 0 Å². The number of nitro groups is 2. The molecule has 50 heavy (non-hydrogen) atoms. The molecule has 0 saturated heterocycles. The molecule has 0 radical (unpaired) electrons. The highest BCUT2D eigenvalue weighted by atomic mass is 79.9. The molecule has 0 unspecified atom stereocenters. The maximum Gasteiger partial charge on any atom is 0.454 e. The number of nitro benzene ring substituents is 2. The summed E-state index contributed by atoms with van der Waals surface area (Å²) in [6.07, 6.45) is 9.95. The van der Waals surface area contributed by atoms with Crippen LogP contribution in [0.15, 0.2) is 102 Å². The number of non-ortho nitro benzene ring substituents is 2. The van der Waals surface area contributed by atoms with E-state index in [0.29, 0.717) is 12.5 Å². The Morgan fingerprint density at radius 3 is 1.24 bits per heavy atom. The second kappa shape index (κ2) is 20.1. The smallest absolute Gasteiger partial charge is 0.427 e. The van der Waals surface area contributed by atoms with E-state index < -0.39 is 12.0 Å². The van der Waals surface area contributed by atoms with E-state index in [0.717, 1.165) is 34.8 Å². The monoisotopic (exact) mass is 766 g/mol. The number of anilines is 1. The topological polar surface area (TPSA) is 179 Å². The second-order valence-corrected chi connectivity index (χ2v) is 13.7. The van der Waals surface area contributed by atoms with Crippen molar-refractivity contribution < 1.29 is 19.9 Å². The number of hydrogen-bond acceptors (Lipinski definition) is 8. The van der Waals surface area contributed by atoms with E-state index >= 15 is 0 Å². The number of halogens is 2. The summed E-state index contributed by atoms with van der Waals surface area (Å²) in [6.45, 7) is 0.658. The van der Waals surface area contributed by atoms with Crippen LogP contribution in [-0.2, 0) is 6.54 Å². The Balaban J connectivity index is 0.000000170. The fraction of sp³-hybridized carbons (Fsp3) is 0.351. The maximum atomic E-state index is 10.3. The van der Waals surface area contributed by atoms with Crippen molar-refractivity contribution in [1.29, 1.82) is 0 Å². The minimum absolute atomic E-state index is 0. The Morgan fingerprint density at radius 1 is 0.620 bits per heavy atom. The molecule has 4 aromatic carbocycles. The Hall–Kier alpha value is -3.81. The third-order valence-electron chi connectivity index (χ3n) is 8.48. The van der Waals surface area contributed by atoms with Crippen LogP contribution in [0.1, 0.15) is 91.4 Å². The molecule has 266 valence electrons. The molecular formula is C37H45BBrClN4O6. The summed E-state index contributed by atoms with van der Waals surface area (Å²) in [5, 5.41) is 36.9. The number of hydrogen-bond donors (Lipinski definition) is 4. The van der Waals surface area contributed by atoms with Crippen molar-refractivity contribution in [3.05, 3.63) is 144 Å². The number of nitrogen functional groups attached to an aromatic ring is 1. The van der Waals surface area contributed by atoms with Gasteiger partial charge in [0.1, 0.15) is 0 Å². The fourth-order valence-electron chi connectivity index (χ4n) is 4.77. The van der Waals surface area contributed by atoms with Gasteiger partial charge >= 0.3 is 7.12 Å². The molecule has 10 nitrogen and oxygen atoms in total. The lowest BCUT2D eigenvalue weighted by Crippen LogP contribution is -2.09.